The fourth-order valence-electron chi connectivity index (χ4n) is 4.37. The molecule has 1 N–H and O–H groups in total. The molecule has 3 aromatic carbocycles. The van der Waals surface area contributed by atoms with E-state index in [4.69, 9.17) is 0 Å². The van der Waals surface area contributed by atoms with Gasteiger partial charge in [-0.05, 0) is 41.5 Å². The van der Waals surface area contributed by atoms with E-state index in [1.54, 1.807) is 49.2 Å². The number of aromatic nitrogens is 4. The number of rotatable bonds is 4. The van der Waals surface area contributed by atoms with Gasteiger partial charge in [-0.3, -0.25) is 24.5 Å². The minimum absolute atomic E-state index is 0.310. The molecule has 0 saturated heterocycles. The Hall–Kier alpha value is -4.65. The summed E-state index contributed by atoms with van der Waals surface area (Å²) in [5.41, 5.74) is 5.64. The lowest BCUT2D eigenvalue weighted by molar-refractivity contribution is 0.0608. The van der Waals surface area contributed by atoms with Crippen LogP contribution in [0.2, 0.25) is 0 Å². The van der Waals surface area contributed by atoms with Crippen LogP contribution in [0.15, 0.2) is 91.6 Å². The van der Waals surface area contributed by atoms with Crippen LogP contribution in [0.4, 0.5) is 0 Å². The average molecular weight is 431 g/mol. The first-order valence-corrected chi connectivity index (χ1v) is 10.5. The fraction of sp³-hybridized carbons (Fsp3) is 0.0385. The smallest absolute Gasteiger partial charge is 0.262 e. The molecule has 33 heavy (non-hydrogen) atoms. The molecule has 2 aromatic heterocycles. The van der Waals surface area contributed by atoms with Gasteiger partial charge in [-0.2, -0.15) is 0 Å². The van der Waals surface area contributed by atoms with E-state index < -0.39 is 6.04 Å². The predicted octanol–water partition coefficient (Wildman–Crippen LogP) is 4.41. The summed E-state index contributed by atoms with van der Waals surface area (Å²) in [6.07, 6.45) is 6.57. The van der Waals surface area contributed by atoms with E-state index in [1.807, 2.05) is 42.5 Å². The summed E-state index contributed by atoms with van der Waals surface area (Å²) in [5, 5.41) is 0. The number of imidazole rings is 1. The van der Waals surface area contributed by atoms with Crippen molar-refractivity contribution in [3.05, 3.63) is 114 Å². The number of aromatic amines is 1. The van der Waals surface area contributed by atoms with E-state index in [9.17, 15) is 9.59 Å². The summed E-state index contributed by atoms with van der Waals surface area (Å²) in [4.78, 5) is 44.2. The Morgan fingerprint density at radius 2 is 1.58 bits per heavy atom. The molecule has 1 aliphatic heterocycles. The minimum Gasteiger partial charge on any atom is -0.345 e. The van der Waals surface area contributed by atoms with Crippen LogP contribution in [0.5, 0.6) is 0 Å². The molecular weight excluding hydrogens is 414 g/mol. The van der Waals surface area contributed by atoms with Gasteiger partial charge in [-0.1, -0.05) is 36.4 Å². The number of carbonyl (C=O) groups excluding carboxylic acids is 2. The standard InChI is InChI=1S/C26H17N5O2/c32-25-19-6-1-2-7-20(19)26(33)31(25)24(18-8-9-21-22(13-18)30-15-29-21)17-5-3-4-16(12-17)23-14-27-10-11-28-23/h1-15,24H,(H,29,30). The number of amides is 2. The van der Waals surface area contributed by atoms with Gasteiger partial charge >= 0.3 is 0 Å². The Labute approximate surface area is 188 Å². The zero-order valence-corrected chi connectivity index (χ0v) is 17.3. The van der Waals surface area contributed by atoms with E-state index >= 15 is 0 Å². The Morgan fingerprint density at radius 1 is 0.788 bits per heavy atom. The van der Waals surface area contributed by atoms with Crippen molar-refractivity contribution in [3.8, 4) is 11.3 Å². The van der Waals surface area contributed by atoms with E-state index in [1.165, 1.54) is 4.90 Å². The van der Waals surface area contributed by atoms with Crippen molar-refractivity contribution in [1.29, 1.82) is 0 Å². The van der Waals surface area contributed by atoms with Crippen molar-refractivity contribution in [3.63, 3.8) is 0 Å². The van der Waals surface area contributed by atoms with Crippen molar-refractivity contribution in [2.45, 2.75) is 6.04 Å². The van der Waals surface area contributed by atoms with E-state index in [0.717, 1.165) is 27.7 Å². The van der Waals surface area contributed by atoms with Gasteiger partial charge < -0.3 is 4.98 Å². The summed E-state index contributed by atoms with van der Waals surface area (Å²) in [6, 6.07) is 19.8. The molecule has 7 nitrogen and oxygen atoms in total. The van der Waals surface area contributed by atoms with Gasteiger partial charge in [0.1, 0.15) is 0 Å². The predicted molar refractivity (Wildman–Crippen MR) is 122 cm³/mol. The normalized spacial score (nSPS) is 14.0. The maximum atomic E-state index is 13.4. The second kappa shape index (κ2) is 7.49. The van der Waals surface area contributed by atoms with E-state index in [2.05, 4.69) is 19.9 Å². The SMILES string of the molecule is O=C1c2ccccc2C(=O)N1C(c1cccc(-c2cnccn2)c1)c1ccc2nc[nH]c2c1. The van der Waals surface area contributed by atoms with Crippen LogP contribution < -0.4 is 0 Å². The fourth-order valence-corrected chi connectivity index (χ4v) is 4.37. The second-order valence-electron chi connectivity index (χ2n) is 7.82. The summed E-state index contributed by atoms with van der Waals surface area (Å²) in [7, 11) is 0. The van der Waals surface area contributed by atoms with Crippen LogP contribution in [0.1, 0.15) is 37.9 Å². The molecule has 158 valence electrons. The summed E-state index contributed by atoms with van der Waals surface area (Å²) in [5.74, 6) is -0.620. The highest BCUT2D eigenvalue weighted by Crippen LogP contribution is 2.37. The van der Waals surface area contributed by atoms with Crippen molar-refractivity contribution < 1.29 is 9.59 Å². The molecule has 1 atom stereocenters. The molecule has 0 aliphatic carbocycles. The summed E-state index contributed by atoms with van der Waals surface area (Å²) in [6.45, 7) is 0. The maximum Gasteiger partial charge on any atom is 0.262 e. The summed E-state index contributed by atoms with van der Waals surface area (Å²) >= 11 is 0. The lowest BCUT2D eigenvalue weighted by Crippen LogP contribution is -2.34. The lowest BCUT2D eigenvalue weighted by atomic mass is 9.94. The van der Waals surface area contributed by atoms with Crippen molar-refractivity contribution >= 4 is 22.8 Å². The maximum absolute atomic E-state index is 13.4. The molecule has 3 heterocycles. The van der Waals surface area contributed by atoms with Gasteiger partial charge in [0.25, 0.3) is 11.8 Å². The molecule has 1 aliphatic rings. The number of carbonyl (C=O) groups is 2. The van der Waals surface area contributed by atoms with Gasteiger partial charge in [0.15, 0.2) is 0 Å². The van der Waals surface area contributed by atoms with E-state index in [-0.39, 0.29) is 11.8 Å². The third kappa shape index (κ3) is 3.10. The van der Waals surface area contributed by atoms with Gasteiger partial charge in [0.2, 0.25) is 0 Å². The number of H-pyrrole nitrogens is 1. The number of nitrogens with one attached hydrogen (secondary N) is 1. The Morgan fingerprint density at radius 3 is 2.33 bits per heavy atom. The number of nitrogens with zero attached hydrogens (tertiary/aromatic N) is 4. The first-order chi connectivity index (χ1) is 16.2. The average Bonchev–Trinajstić information content (AvgIpc) is 3.44. The highest BCUT2D eigenvalue weighted by atomic mass is 16.2. The Kier molecular flexibility index (Phi) is 4.33. The Bertz CT molecular complexity index is 1490. The van der Waals surface area contributed by atoms with Crippen molar-refractivity contribution in [2.24, 2.45) is 0 Å². The molecule has 2 amide bonds. The quantitative estimate of drug-likeness (QED) is 0.426. The molecule has 0 bridgehead atoms. The molecule has 0 radical (unpaired) electrons. The minimum atomic E-state index is -0.623. The monoisotopic (exact) mass is 431 g/mol. The summed E-state index contributed by atoms with van der Waals surface area (Å²) < 4.78 is 0. The second-order valence-corrected chi connectivity index (χ2v) is 7.82. The van der Waals surface area contributed by atoms with Crippen LogP contribution in [0, 0.1) is 0 Å². The number of imide groups is 1. The largest absolute Gasteiger partial charge is 0.345 e. The van der Waals surface area contributed by atoms with Crippen molar-refractivity contribution in [1.82, 2.24) is 24.8 Å². The van der Waals surface area contributed by atoms with Crippen LogP contribution in [-0.2, 0) is 0 Å². The number of hydrogen-bond acceptors (Lipinski definition) is 5. The van der Waals surface area contributed by atoms with Gasteiger partial charge in [0.05, 0.1) is 46.4 Å². The highest BCUT2D eigenvalue weighted by Gasteiger charge is 2.41. The molecule has 6 rings (SSSR count). The highest BCUT2D eigenvalue weighted by molar-refractivity contribution is 6.21. The Balaban J connectivity index is 1.54. The first-order valence-electron chi connectivity index (χ1n) is 10.5. The van der Waals surface area contributed by atoms with Gasteiger partial charge in [-0.25, -0.2) is 4.98 Å². The van der Waals surface area contributed by atoms with Crippen LogP contribution in [0.25, 0.3) is 22.3 Å². The number of hydrogen-bond donors (Lipinski definition) is 1. The molecule has 1 unspecified atom stereocenters. The topological polar surface area (TPSA) is 91.8 Å². The molecule has 0 saturated carbocycles. The lowest BCUT2D eigenvalue weighted by Gasteiger charge is -2.27. The van der Waals surface area contributed by atoms with Crippen LogP contribution >= 0.6 is 0 Å². The van der Waals surface area contributed by atoms with Crippen molar-refractivity contribution in [2.75, 3.05) is 0 Å². The molecular formula is C26H17N5O2. The zero-order valence-electron chi connectivity index (χ0n) is 17.3. The van der Waals surface area contributed by atoms with Crippen LogP contribution in [-0.4, -0.2) is 36.7 Å². The number of fused-ring (bicyclic) bond motifs is 2. The van der Waals surface area contributed by atoms with Gasteiger partial charge in [-0.15, -0.1) is 0 Å². The van der Waals surface area contributed by atoms with E-state index in [0.29, 0.717) is 16.8 Å². The third-order valence-electron chi connectivity index (χ3n) is 5.91. The third-order valence-corrected chi connectivity index (χ3v) is 5.91. The zero-order chi connectivity index (χ0) is 22.4. The van der Waals surface area contributed by atoms with Crippen LogP contribution in [0.3, 0.4) is 0 Å². The van der Waals surface area contributed by atoms with Gasteiger partial charge in [0, 0.05) is 18.0 Å². The number of benzene rings is 3. The molecule has 0 spiro atoms. The first kappa shape index (κ1) is 19.1. The molecule has 0 fully saturated rings. The molecule has 7 heteroatoms. The molecule has 5 aromatic rings.